The van der Waals surface area contributed by atoms with Crippen LogP contribution in [0, 0.1) is 18.6 Å². The van der Waals surface area contributed by atoms with Crippen molar-refractivity contribution >= 4 is 35.0 Å². The number of benzene rings is 3. The molecule has 3 aromatic carbocycles. The number of carboxylic acids is 2. The zero-order valence-electron chi connectivity index (χ0n) is 24.2. The Kier molecular flexibility index (Phi) is 10.5. The number of nitrogens with zero attached hydrogens (tertiary/aromatic N) is 1. The number of hydrogen-bond acceptors (Lipinski definition) is 4. The molecule has 2 N–H and O–H groups in total. The highest BCUT2D eigenvalue weighted by atomic mass is 19.2. The van der Waals surface area contributed by atoms with E-state index in [9.17, 15) is 23.5 Å². The first-order valence-corrected chi connectivity index (χ1v) is 14.2. The number of hydrogen-bond donors (Lipinski definition) is 2. The van der Waals surface area contributed by atoms with Crippen molar-refractivity contribution in [2.75, 3.05) is 13.2 Å². The predicted molar refractivity (Wildman–Crippen MR) is 162 cm³/mol. The average molecular weight is 592 g/mol. The molecule has 0 bridgehead atoms. The van der Waals surface area contributed by atoms with E-state index in [0.29, 0.717) is 38.0 Å². The zero-order valence-corrected chi connectivity index (χ0v) is 24.2. The summed E-state index contributed by atoms with van der Waals surface area (Å²) in [6.45, 7) is 4.22. The monoisotopic (exact) mass is 591 g/mol. The lowest BCUT2D eigenvalue weighted by atomic mass is 10.0. The Bertz CT molecular complexity index is 1610. The van der Waals surface area contributed by atoms with Crippen molar-refractivity contribution in [3.05, 3.63) is 94.7 Å². The fourth-order valence-electron chi connectivity index (χ4n) is 5.08. The zero-order chi connectivity index (χ0) is 30.9. The minimum atomic E-state index is -0.985. The lowest BCUT2D eigenvalue weighted by molar-refractivity contribution is -0.140. The van der Waals surface area contributed by atoms with Crippen molar-refractivity contribution in [2.24, 2.45) is 0 Å². The highest BCUT2D eigenvalue weighted by Gasteiger charge is 2.23. The minimum absolute atomic E-state index is 0.0477. The summed E-state index contributed by atoms with van der Waals surface area (Å²) in [5.74, 6) is -3.13. The summed E-state index contributed by atoms with van der Waals surface area (Å²) in [5, 5.41) is 19.8. The van der Waals surface area contributed by atoms with Crippen molar-refractivity contribution in [3.8, 4) is 11.5 Å². The van der Waals surface area contributed by atoms with Gasteiger partial charge in [0.05, 0.1) is 18.7 Å². The quantitative estimate of drug-likeness (QED) is 0.109. The van der Waals surface area contributed by atoms with Crippen molar-refractivity contribution in [1.82, 2.24) is 4.57 Å². The number of ether oxygens (including phenoxy) is 2. The average Bonchev–Trinajstić information content (AvgIpc) is 3.27. The van der Waals surface area contributed by atoms with E-state index in [1.54, 1.807) is 6.92 Å². The first kappa shape index (κ1) is 31.3. The summed E-state index contributed by atoms with van der Waals surface area (Å²) >= 11 is 0. The molecule has 0 aliphatic carbocycles. The molecular weight excluding hydrogens is 556 g/mol. The van der Waals surface area contributed by atoms with Gasteiger partial charge < -0.3 is 24.3 Å². The number of carbonyl (C=O) groups is 2. The van der Waals surface area contributed by atoms with Gasteiger partial charge in [0.25, 0.3) is 0 Å². The Balaban J connectivity index is 1.40. The molecule has 0 saturated carbocycles. The molecule has 226 valence electrons. The molecule has 43 heavy (non-hydrogen) atoms. The number of unbranched alkanes of at least 4 members (excludes halogenated alkanes) is 1. The van der Waals surface area contributed by atoms with Crippen LogP contribution in [0.1, 0.15) is 61.0 Å². The van der Waals surface area contributed by atoms with Gasteiger partial charge in [0, 0.05) is 17.5 Å². The second-order valence-electron chi connectivity index (χ2n) is 10.3. The summed E-state index contributed by atoms with van der Waals surface area (Å²) in [4.78, 5) is 23.0. The van der Waals surface area contributed by atoms with E-state index >= 15 is 0 Å². The van der Waals surface area contributed by atoms with Crippen molar-refractivity contribution in [3.63, 3.8) is 0 Å². The lowest BCUT2D eigenvalue weighted by Gasteiger charge is -2.15. The molecule has 7 nitrogen and oxygen atoms in total. The molecule has 9 heteroatoms. The van der Waals surface area contributed by atoms with Gasteiger partial charge in [-0.2, -0.15) is 4.39 Å². The van der Waals surface area contributed by atoms with Crippen LogP contribution in [0.25, 0.3) is 23.1 Å². The normalized spacial score (nSPS) is 12.1. The van der Waals surface area contributed by atoms with Gasteiger partial charge in [-0.25, -0.2) is 9.18 Å². The molecule has 0 radical (unpaired) electrons. The van der Waals surface area contributed by atoms with E-state index in [0.717, 1.165) is 39.4 Å². The predicted octanol–water partition coefficient (Wildman–Crippen LogP) is 7.69. The Morgan fingerprint density at radius 3 is 2.30 bits per heavy atom. The van der Waals surface area contributed by atoms with Crippen LogP contribution >= 0.6 is 0 Å². The van der Waals surface area contributed by atoms with Crippen LogP contribution in [-0.2, 0) is 16.0 Å². The summed E-state index contributed by atoms with van der Waals surface area (Å²) in [7, 11) is 0. The highest BCUT2D eigenvalue weighted by molar-refractivity contribution is 5.95. The van der Waals surface area contributed by atoms with E-state index in [2.05, 4.69) is 0 Å². The van der Waals surface area contributed by atoms with Crippen LogP contribution in [0.3, 0.4) is 0 Å². The second-order valence-corrected chi connectivity index (χ2v) is 10.3. The van der Waals surface area contributed by atoms with E-state index in [4.69, 9.17) is 14.6 Å². The van der Waals surface area contributed by atoms with Crippen LogP contribution < -0.4 is 9.47 Å². The maximum Gasteiger partial charge on any atom is 0.326 e. The molecule has 1 atom stereocenters. The van der Waals surface area contributed by atoms with Gasteiger partial charge in [0.1, 0.15) is 11.8 Å². The maximum atomic E-state index is 13.6. The Labute approximate surface area is 249 Å². The highest BCUT2D eigenvalue weighted by Crippen LogP contribution is 2.34. The molecule has 0 amide bonds. The second kappa shape index (κ2) is 14.5. The van der Waals surface area contributed by atoms with Crippen LogP contribution in [0.15, 0.2) is 60.7 Å². The van der Waals surface area contributed by atoms with Gasteiger partial charge >= 0.3 is 11.9 Å². The molecule has 0 aliphatic heterocycles. The summed E-state index contributed by atoms with van der Waals surface area (Å²) in [6.07, 6.45) is 6.25. The SMILES string of the molecule is Cc1c(CCCC(=O)O)c2cccc(C=Cc3ccc(OCCCCOc4cccc(F)c4F)cc3)c2n1C(C)C(=O)O. The van der Waals surface area contributed by atoms with Crippen molar-refractivity contribution in [1.29, 1.82) is 0 Å². The Morgan fingerprint density at radius 2 is 1.60 bits per heavy atom. The Morgan fingerprint density at radius 1 is 0.907 bits per heavy atom. The largest absolute Gasteiger partial charge is 0.494 e. The number of carboxylic acid groups (broad SMARTS) is 2. The topological polar surface area (TPSA) is 98.0 Å². The van der Waals surface area contributed by atoms with E-state index in [1.165, 1.54) is 12.1 Å². The maximum absolute atomic E-state index is 13.6. The minimum Gasteiger partial charge on any atom is -0.494 e. The molecular formula is C34H35F2NO6. The standard InChI is InChI=1S/C34H35F2NO6/c1-22-27(9-6-13-31(38)39)28-10-5-8-25(33(28)37(22)23(2)34(40)41)17-14-24-15-18-26(19-16-24)42-20-3-4-21-43-30-12-7-11-29(35)32(30)36/h5,7-8,10-12,14-19,23H,3-4,6,9,13,20-21H2,1-2H3,(H,38,39)(H,40,41). The number of aliphatic carboxylic acids is 2. The fourth-order valence-corrected chi connectivity index (χ4v) is 5.08. The van der Waals surface area contributed by atoms with Crippen LogP contribution in [0.5, 0.6) is 11.5 Å². The third-order valence-corrected chi connectivity index (χ3v) is 7.31. The van der Waals surface area contributed by atoms with Gasteiger partial charge in [-0.15, -0.1) is 0 Å². The number of rotatable bonds is 15. The summed E-state index contributed by atoms with van der Waals surface area (Å²) in [5.41, 5.74) is 4.39. The number of fused-ring (bicyclic) bond motifs is 1. The molecule has 0 aliphatic rings. The van der Waals surface area contributed by atoms with Gasteiger partial charge in [-0.3, -0.25) is 4.79 Å². The third-order valence-electron chi connectivity index (χ3n) is 7.31. The number of aryl methyl sites for hydroxylation is 1. The van der Waals surface area contributed by atoms with Crippen LogP contribution in [0.4, 0.5) is 8.78 Å². The first-order valence-electron chi connectivity index (χ1n) is 14.2. The third kappa shape index (κ3) is 7.80. The van der Waals surface area contributed by atoms with E-state index in [1.807, 2.05) is 66.1 Å². The molecule has 0 spiro atoms. The summed E-state index contributed by atoms with van der Waals surface area (Å²) in [6, 6.07) is 16.4. The van der Waals surface area contributed by atoms with Crippen molar-refractivity contribution < 1.29 is 38.1 Å². The number of para-hydroxylation sites is 1. The Hall–Kier alpha value is -4.66. The molecule has 4 rings (SSSR count). The van der Waals surface area contributed by atoms with Gasteiger partial charge in [-0.1, -0.05) is 48.6 Å². The molecule has 0 saturated heterocycles. The van der Waals surface area contributed by atoms with Gasteiger partial charge in [0.2, 0.25) is 5.82 Å². The van der Waals surface area contributed by atoms with Crippen LogP contribution in [0.2, 0.25) is 0 Å². The molecule has 4 aromatic rings. The number of halogens is 2. The van der Waals surface area contributed by atoms with Crippen molar-refractivity contribution in [2.45, 2.75) is 52.0 Å². The molecule has 1 aromatic heterocycles. The molecule has 1 unspecified atom stereocenters. The first-order chi connectivity index (χ1) is 20.7. The lowest BCUT2D eigenvalue weighted by Crippen LogP contribution is -2.17. The fraction of sp³-hybridized carbons (Fsp3) is 0.294. The smallest absolute Gasteiger partial charge is 0.326 e. The molecule has 0 fully saturated rings. The molecule has 1 heterocycles. The van der Waals surface area contributed by atoms with E-state index in [-0.39, 0.29) is 18.8 Å². The number of aromatic nitrogens is 1. The van der Waals surface area contributed by atoms with Crippen LogP contribution in [-0.4, -0.2) is 39.9 Å². The summed E-state index contributed by atoms with van der Waals surface area (Å²) < 4.78 is 39.8. The van der Waals surface area contributed by atoms with E-state index < -0.39 is 29.6 Å². The van der Waals surface area contributed by atoms with Gasteiger partial charge in [-0.05, 0) is 80.5 Å². The van der Waals surface area contributed by atoms with Gasteiger partial charge in [0.15, 0.2) is 11.6 Å².